The molecule has 3 atom stereocenters. The Balaban J connectivity index is 1.41. The average Bonchev–Trinajstić information content (AvgIpc) is 3.62. The molecule has 1 saturated heterocycles. The molecule has 1 aromatic heterocycles. The van der Waals surface area contributed by atoms with Gasteiger partial charge in [0, 0.05) is 26.5 Å². The van der Waals surface area contributed by atoms with E-state index in [1.807, 2.05) is 0 Å². The molecule has 1 amide bonds. The number of carbonyl (C=O) groups excluding carboxylic acids is 1. The van der Waals surface area contributed by atoms with E-state index >= 15 is 0 Å². The van der Waals surface area contributed by atoms with Crippen LogP contribution in [0, 0.1) is 5.92 Å². The quantitative estimate of drug-likeness (QED) is 0.554. The fourth-order valence-corrected chi connectivity index (χ4v) is 5.30. The zero-order valence-corrected chi connectivity index (χ0v) is 20.1. The number of halogens is 3. The summed E-state index contributed by atoms with van der Waals surface area (Å²) >= 11 is 0. The van der Waals surface area contributed by atoms with Gasteiger partial charge in [0.1, 0.15) is 11.4 Å². The number of carbonyl (C=O) groups is 1. The van der Waals surface area contributed by atoms with Gasteiger partial charge in [0.2, 0.25) is 0 Å². The molecule has 13 heteroatoms. The number of amides is 1. The highest BCUT2D eigenvalue weighted by atomic mass is 32.2. The first-order chi connectivity index (χ1) is 16.3. The topological polar surface area (TPSA) is 112 Å². The molecule has 2 aromatic rings. The first-order valence-electron chi connectivity index (χ1n) is 11.1. The third kappa shape index (κ3) is 4.07. The minimum absolute atomic E-state index is 0.0613. The molecular formula is C22H24F3N3O6S. The standard InChI is InChI=1S/C22H24F3N3O6S/c1-12(22(23,24)25)33-16-5-4-14(35(3,30)31)8-15(16)17(29)28-10-13-9-20(13,11-28)18-26-19(34-27-18)21(32-2)6-7-21/h4-5,8,12-13H,6-7,9-11H2,1-3H3/t12-,13?,20?/m0/s1. The third-order valence-electron chi connectivity index (χ3n) is 7.16. The number of methoxy groups -OCH3 is 1. The molecular weight excluding hydrogens is 491 g/mol. The molecule has 190 valence electrons. The van der Waals surface area contributed by atoms with Gasteiger partial charge in [-0.05, 0) is 50.3 Å². The molecule has 0 bridgehead atoms. The summed E-state index contributed by atoms with van der Waals surface area (Å²) < 4.78 is 79.4. The number of aromatic nitrogens is 2. The van der Waals surface area contributed by atoms with E-state index in [-0.39, 0.29) is 28.7 Å². The van der Waals surface area contributed by atoms with E-state index in [1.165, 1.54) is 4.90 Å². The van der Waals surface area contributed by atoms with Crippen LogP contribution in [0.1, 0.15) is 48.3 Å². The van der Waals surface area contributed by atoms with Gasteiger partial charge >= 0.3 is 6.18 Å². The molecule has 0 radical (unpaired) electrons. The normalized spacial score (nSPS) is 25.8. The van der Waals surface area contributed by atoms with Crippen molar-refractivity contribution in [1.29, 1.82) is 0 Å². The van der Waals surface area contributed by atoms with Crippen molar-refractivity contribution < 1.29 is 40.4 Å². The molecule has 1 aromatic carbocycles. The van der Waals surface area contributed by atoms with Gasteiger partial charge in [0.15, 0.2) is 21.8 Å². The average molecular weight is 516 g/mol. The maximum atomic E-state index is 13.4. The van der Waals surface area contributed by atoms with Crippen LogP contribution in [0.4, 0.5) is 13.2 Å². The maximum absolute atomic E-state index is 13.4. The molecule has 3 fully saturated rings. The van der Waals surface area contributed by atoms with Gasteiger partial charge in [-0.2, -0.15) is 18.2 Å². The number of alkyl halides is 3. The second kappa shape index (κ2) is 7.66. The Hall–Kier alpha value is -2.67. The van der Waals surface area contributed by atoms with Crippen LogP contribution < -0.4 is 4.74 Å². The van der Waals surface area contributed by atoms with Crippen LogP contribution in [-0.2, 0) is 25.6 Å². The van der Waals surface area contributed by atoms with Gasteiger partial charge in [-0.1, -0.05) is 5.16 Å². The molecule has 2 heterocycles. The lowest BCUT2D eigenvalue weighted by atomic mass is 10.1. The predicted molar refractivity (Wildman–Crippen MR) is 114 cm³/mol. The van der Waals surface area contributed by atoms with Gasteiger partial charge in [0.25, 0.3) is 11.8 Å². The van der Waals surface area contributed by atoms with Crippen LogP contribution in [-0.4, -0.2) is 68.1 Å². The lowest BCUT2D eigenvalue weighted by molar-refractivity contribution is -0.189. The van der Waals surface area contributed by atoms with E-state index in [2.05, 4.69) is 10.1 Å². The number of ether oxygens (including phenoxy) is 2. The Labute approximate surface area is 199 Å². The first kappa shape index (κ1) is 24.0. The Morgan fingerprint density at radius 3 is 2.63 bits per heavy atom. The summed E-state index contributed by atoms with van der Waals surface area (Å²) in [5.41, 5.74) is -1.30. The van der Waals surface area contributed by atoms with Gasteiger partial charge in [-0.15, -0.1) is 0 Å². The number of fused-ring (bicyclic) bond motifs is 1. The van der Waals surface area contributed by atoms with Crippen LogP contribution in [0.3, 0.4) is 0 Å². The number of benzene rings is 1. The van der Waals surface area contributed by atoms with Crippen LogP contribution in [0.15, 0.2) is 27.6 Å². The Morgan fingerprint density at radius 1 is 1.31 bits per heavy atom. The van der Waals surface area contributed by atoms with Crippen LogP contribution >= 0.6 is 0 Å². The summed E-state index contributed by atoms with van der Waals surface area (Å²) in [5.74, 6) is -0.0167. The highest BCUT2D eigenvalue weighted by Crippen LogP contribution is 2.59. The Bertz CT molecular complexity index is 1290. The lowest BCUT2D eigenvalue weighted by Crippen LogP contribution is -2.35. The van der Waals surface area contributed by atoms with E-state index in [0.29, 0.717) is 18.3 Å². The van der Waals surface area contributed by atoms with E-state index < -0.39 is 39.0 Å². The summed E-state index contributed by atoms with van der Waals surface area (Å²) in [6.07, 6.45) is -3.59. The SMILES string of the molecule is COC1(c2nc(C34CC3CN(C(=O)c3cc(S(C)(=O)=O)ccc3O[C@@H](C)C(F)(F)F)C4)no2)CC1. The molecule has 5 rings (SSSR count). The maximum Gasteiger partial charge on any atom is 0.425 e. The number of hydrogen-bond donors (Lipinski definition) is 0. The number of rotatable bonds is 7. The summed E-state index contributed by atoms with van der Waals surface area (Å²) in [4.78, 5) is 19.2. The van der Waals surface area contributed by atoms with Crippen molar-refractivity contribution >= 4 is 15.7 Å². The molecule has 2 unspecified atom stereocenters. The van der Waals surface area contributed by atoms with E-state index in [4.69, 9.17) is 14.0 Å². The van der Waals surface area contributed by atoms with Crippen LogP contribution in [0.5, 0.6) is 5.75 Å². The highest BCUT2D eigenvalue weighted by molar-refractivity contribution is 7.90. The largest absolute Gasteiger partial charge is 0.480 e. The summed E-state index contributed by atoms with van der Waals surface area (Å²) in [6.45, 7) is 1.38. The van der Waals surface area contributed by atoms with Crippen LogP contribution in [0.25, 0.3) is 0 Å². The molecule has 0 N–H and O–H groups in total. The number of sulfone groups is 1. The zero-order chi connectivity index (χ0) is 25.4. The number of piperidine rings is 1. The van der Waals surface area contributed by atoms with Gasteiger partial charge in [-0.25, -0.2) is 8.42 Å². The summed E-state index contributed by atoms with van der Waals surface area (Å²) in [7, 11) is -2.14. The summed E-state index contributed by atoms with van der Waals surface area (Å²) in [6, 6.07) is 3.27. The van der Waals surface area contributed by atoms with Crippen LogP contribution in [0.2, 0.25) is 0 Å². The van der Waals surface area contributed by atoms with Crippen molar-refractivity contribution in [3.8, 4) is 5.75 Å². The highest BCUT2D eigenvalue weighted by Gasteiger charge is 2.65. The van der Waals surface area contributed by atoms with Gasteiger partial charge in [0.05, 0.1) is 15.9 Å². The smallest absolute Gasteiger partial charge is 0.425 e. The van der Waals surface area contributed by atoms with E-state index in [9.17, 15) is 26.4 Å². The van der Waals surface area contributed by atoms with Crippen molar-refractivity contribution in [2.24, 2.45) is 5.92 Å². The second-order valence-electron chi connectivity index (χ2n) is 9.60. The van der Waals surface area contributed by atoms with Gasteiger partial charge < -0.3 is 18.9 Å². The molecule has 2 saturated carbocycles. The molecule has 9 nitrogen and oxygen atoms in total. The van der Waals surface area contributed by atoms with Crippen molar-refractivity contribution in [2.75, 3.05) is 26.5 Å². The molecule has 0 spiro atoms. The minimum atomic E-state index is -4.66. The molecule has 2 aliphatic carbocycles. The van der Waals surface area contributed by atoms with Crippen molar-refractivity contribution in [1.82, 2.24) is 15.0 Å². The number of nitrogens with zero attached hydrogens (tertiary/aromatic N) is 3. The van der Waals surface area contributed by atoms with Crippen molar-refractivity contribution in [2.45, 2.75) is 54.4 Å². The monoisotopic (exact) mass is 515 g/mol. The number of hydrogen-bond acceptors (Lipinski definition) is 8. The third-order valence-corrected chi connectivity index (χ3v) is 8.27. The molecule has 35 heavy (non-hydrogen) atoms. The van der Waals surface area contributed by atoms with Crippen molar-refractivity contribution in [3.63, 3.8) is 0 Å². The Kier molecular flexibility index (Phi) is 5.26. The number of likely N-dealkylation sites (tertiary alicyclic amines) is 1. The Morgan fingerprint density at radius 2 is 2.03 bits per heavy atom. The fourth-order valence-electron chi connectivity index (χ4n) is 4.65. The minimum Gasteiger partial charge on any atom is -0.480 e. The van der Waals surface area contributed by atoms with E-state index in [1.54, 1.807) is 7.11 Å². The summed E-state index contributed by atoms with van der Waals surface area (Å²) in [5, 5.41) is 4.13. The van der Waals surface area contributed by atoms with Gasteiger partial charge in [-0.3, -0.25) is 4.79 Å². The molecule has 3 aliphatic rings. The first-order valence-corrected chi connectivity index (χ1v) is 12.9. The zero-order valence-electron chi connectivity index (χ0n) is 19.3. The van der Waals surface area contributed by atoms with Crippen molar-refractivity contribution in [3.05, 3.63) is 35.5 Å². The molecule has 1 aliphatic heterocycles. The lowest BCUT2D eigenvalue weighted by Gasteiger charge is -2.24. The van der Waals surface area contributed by atoms with E-state index in [0.717, 1.165) is 50.6 Å². The predicted octanol–water partition coefficient (Wildman–Crippen LogP) is 2.85. The fraction of sp³-hybridized carbons (Fsp3) is 0.591. The second-order valence-corrected chi connectivity index (χ2v) is 11.6.